The summed E-state index contributed by atoms with van der Waals surface area (Å²) >= 11 is 1.31. The van der Waals surface area contributed by atoms with Crippen LogP contribution in [-0.2, 0) is 10.0 Å². The molecule has 4 nitrogen and oxygen atoms in total. The summed E-state index contributed by atoms with van der Waals surface area (Å²) in [5, 5.41) is 2.29. The molecule has 1 heterocycles. The number of hydrogen-bond donors (Lipinski definition) is 1. The van der Waals surface area contributed by atoms with Crippen molar-refractivity contribution in [3.63, 3.8) is 0 Å². The third-order valence-corrected chi connectivity index (χ3v) is 5.35. The fraction of sp³-hybridized carbons (Fsp3) is 0.357. The lowest BCUT2D eigenvalue weighted by atomic mass is 10.2. The molecule has 0 saturated heterocycles. The first-order valence-corrected chi connectivity index (χ1v) is 8.71. The number of benzene rings is 1. The highest BCUT2D eigenvalue weighted by atomic mass is 32.2. The van der Waals surface area contributed by atoms with Crippen molar-refractivity contribution in [1.29, 1.82) is 0 Å². The van der Waals surface area contributed by atoms with Crippen LogP contribution in [0.15, 0.2) is 28.5 Å². The highest BCUT2D eigenvalue weighted by Crippen LogP contribution is 2.25. The van der Waals surface area contributed by atoms with Crippen LogP contribution in [0, 0.1) is 13.8 Å². The van der Waals surface area contributed by atoms with E-state index in [1.54, 1.807) is 13.0 Å². The van der Waals surface area contributed by atoms with Gasteiger partial charge < -0.3 is 0 Å². The minimum Gasteiger partial charge on any atom is -0.255 e. The molecular formula is C14H18N2O2S2. The Morgan fingerprint density at radius 3 is 2.55 bits per heavy atom. The van der Waals surface area contributed by atoms with Crippen LogP contribution < -0.4 is 4.72 Å². The number of sulfonamides is 1. The predicted octanol–water partition coefficient (Wildman–Crippen LogP) is 3.68. The van der Waals surface area contributed by atoms with Crippen molar-refractivity contribution in [2.45, 2.75) is 38.5 Å². The molecule has 2 aromatic rings. The third-order valence-electron chi connectivity index (χ3n) is 2.97. The molecule has 20 heavy (non-hydrogen) atoms. The van der Waals surface area contributed by atoms with Crippen molar-refractivity contribution < 1.29 is 8.42 Å². The average Bonchev–Trinajstić information content (AvgIpc) is 2.80. The summed E-state index contributed by atoms with van der Waals surface area (Å²) in [6.07, 6.45) is 0. The SMILES string of the molecule is Cc1ccc(C)c(S(=O)(=O)Nc2nc(C(C)C)cs2)c1. The maximum atomic E-state index is 12.4. The van der Waals surface area contributed by atoms with E-state index in [1.165, 1.54) is 11.3 Å². The van der Waals surface area contributed by atoms with Gasteiger partial charge in [0.25, 0.3) is 10.0 Å². The molecule has 1 aromatic carbocycles. The number of hydrogen-bond acceptors (Lipinski definition) is 4. The summed E-state index contributed by atoms with van der Waals surface area (Å²) < 4.78 is 27.4. The highest BCUT2D eigenvalue weighted by molar-refractivity contribution is 7.93. The number of aromatic nitrogens is 1. The van der Waals surface area contributed by atoms with E-state index in [4.69, 9.17) is 0 Å². The molecule has 0 aliphatic heterocycles. The Balaban J connectivity index is 2.33. The van der Waals surface area contributed by atoms with E-state index < -0.39 is 10.0 Å². The van der Waals surface area contributed by atoms with E-state index in [0.717, 1.165) is 16.8 Å². The zero-order valence-electron chi connectivity index (χ0n) is 12.0. The summed E-state index contributed by atoms with van der Waals surface area (Å²) in [6.45, 7) is 7.71. The molecule has 1 N–H and O–H groups in total. The van der Waals surface area contributed by atoms with Gasteiger partial charge in [-0.25, -0.2) is 13.4 Å². The molecule has 108 valence electrons. The van der Waals surface area contributed by atoms with Crippen LogP contribution in [0.25, 0.3) is 0 Å². The Morgan fingerprint density at radius 1 is 1.25 bits per heavy atom. The van der Waals surface area contributed by atoms with Crippen molar-refractivity contribution in [3.8, 4) is 0 Å². The standard InChI is InChI=1S/C14H18N2O2S2/c1-9(2)12-8-19-14(15-12)16-20(17,18)13-7-10(3)5-6-11(13)4/h5-9H,1-4H3,(H,15,16). The summed E-state index contributed by atoms with van der Waals surface area (Å²) in [5.74, 6) is 0.283. The molecular weight excluding hydrogens is 292 g/mol. The first-order chi connectivity index (χ1) is 9.29. The quantitative estimate of drug-likeness (QED) is 0.937. The van der Waals surface area contributed by atoms with Crippen molar-refractivity contribution >= 4 is 26.5 Å². The molecule has 2 rings (SSSR count). The summed E-state index contributed by atoms with van der Waals surface area (Å²) in [6, 6.07) is 5.38. The van der Waals surface area contributed by atoms with Gasteiger partial charge in [0.15, 0.2) is 5.13 Å². The van der Waals surface area contributed by atoms with Gasteiger partial charge in [-0.15, -0.1) is 11.3 Å². The Hall–Kier alpha value is -1.40. The predicted molar refractivity (Wildman–Crippen MR) is 82.9 cm³/mol. The van der Waals surface area contributed by atoms with Gasteiger partial charge in [-0.2, -0.15) is 0 Å². The maximum absolute atomic E-state index is 12.4. The normalized spacial score (nSPS) is 11.8. The first-order valence-electron chi connectivity index (χ1n) is 6.35. The fourth-order valence-electron chi connectivity index (χ4n) is 1.76. The molecule has 6 heteroatoms. The number of aryl methyl sites for hydroxylation is 2. The smallest absolute Gasteiger partial charge is 0.255 e. The molecule has 0 aliphatic carbocycles. The van der Waals surface area contributed by atoms with Crippen molar-refractivity contribution in [3.05, 3.63) is 40.4 Å². The van der Waals surface area contributed by atoms with Crippen LogP contribution in [0.2, 0.25) is 0 Å². The molecule has 0 amide bonds. The molecule has 0 atom stereocenters. The summed E-state index contributed by atoms with van der Waals surface area (Å²) in [7, 11) is -3.58. The number of nitrogens with zero attached hydrogens (tertiary/aromatic N) is 1. The second kappa shape index (κ2) is 5.54. The Morgan fingerprint density at radius 2 is 1.95 bits per heavy atom. The molecule has 0 bridgehead atoms. The molecule has 0 spiro atoms. The van der Waals surface area contributed by atoms with Gasteiger partial charge in [0.1, 0.15) is 0 Å². The molecule has 1 aromatic heterocycles. The van der Waals surface area contributed by atoms with Gasteiger partial charge in [0.2, 0.25) is 0 Å². The van der Waals surface area contributed by atoms with E-state index >= 15 is 0 Å². The number of anilines is 1. The first kappa shape index (κ1) is 15.0. The minimum absolute atomic E-state index is 0.283. The van der Waals surface area contributed by atoms with Crippen LogP contribution in [0.4, 0.5) is 5.13 Å². The zero-order chi connectivity index (χ0) is 14.9. The number of nitrogens with one attached hydrogen (secondary N) is 1. The van der Waals surface area contributed by atoms with Crippen LogP contribution >= 0.6 is 11.3 Å². The van der Waals surface area contributed by atoms with Gasteiger partial charge in [-0.05, 0) is 37.0 Å². The molecule has 0 aliphatic rings. The van der Waals surface area contributed by atoms with E-state index in [-0.39, 0.29) is 5.92 Å². The van der Waals surface area contributed by atoms with Crippen LogP contribution in [0.5, 0.6) is 0 Å². The van der Waals surface area contributed by atoms with Crippen LogP contribution in [0.3, 0.4) is 0 Å². The maximum Gasteiger partial charge on any atom is 0.263 e. The van der Waals surface area contributed by atoms with Crippen molar-refractivity contribution in [2.75, 3.05) is 4.72 Å². The Bertz CT molecular complexity index is 719. The largest absolute Gasteiger partial charge is 0.263 e. The van der Waals surface area contributed by atoms with Gasteiger partial charge in [0.05, 0.1) is 10.6 Å². The van der Waals surface area contributed by atoms with Gasteiger partial charge in [-0.3, -0.25) is 4.72 Å². The van der Waals surface area contributed by atoms with Crippen molar-refractivity contribution in [2.24, 2.45) is 0 Å². The number of rotatable bonds is 4. The highest BCUT2D eigenvalue weighted by Gasteiger charge is 2.19. The second-order valence-electron chi connectivity index (χ2n) is 5.11. The van der Waals surface area contributed by atoms with E-state index in [1.807, 2.05) is 38.3 Å². The molecule has 0 unspecified atom stereocenters. The molecule has 0 radical (unpaired) electrons. The lowest BCUT2D eigenvalue weighted by Gasteiger charge is -2.09. The monoisotopic (exact) mass is 310 g/mol. The molecule has 0 fully saturated rings. The van der Waals surface area contributed by atoms with Crippen LogP contribution in [-0.4, -0.2) is 13.4 Å². The Kier molecular flexibility index (Phi) is 4.15. The molecule has 0 saturated carbocycles. The Labute approximate surface area is 123 Å². The topological polar surface area (TPSA) is 59.1 Å². The van der Waals surface area contributed by atoms with Crippen LogP contribution in [0.1, 0.15) is 36.6 Å². The lowest BCUT2D eigenvalue weighted by molar-refractivity contribution is 0.600. The van der Waals surface area contributed by atoms with E-state index in [9.17, 15) is 8.42 Å². The lowest BCUT2D eigenvalue weighted by Crippen LogP contribution is -2.14. The fourth-order valence-corrected chi connectivity index (χ4v) is 4.22. The van der Waals surface area contributed by atoms with E-state index in [0.29, 0.717) is 10.0 Å². The summed E-state index contributed by atoms with van der Waals surface area (Å²) in [4.78, 5) is 4.61. The third kappa shape index (κ3) is 3.19. The van der Waals surface area contributed by atoms with Crippen molar-refractivity contribution in [1.82, 2.24) is 4.98 Å². The van der Waals surface area contributed by atoms with Gasteiger partial charge in [0, 0.05) is 5.38 Å². The second-order valence-corrected chi connectivity index (χ2v) is 7.62. The summed E-state index contributed by atoms with van der Waals surface area (Å²) in [5.41, 5.74) is 2.54. The number of thiazole rings is 1. The average molecular weight is 310 g/mol. The van der Waals surface area contributed by atoms with E-state index in [2.05, 4.69) is 9.71 Å². The van der Waals surface area contributed by atoms with Gasteiger partial charge >= 0.3 is 0 Å². The minimum atomic E-state index is -3.58. The zero-order valence-corrected chi connectivity index (χ0v) is 13.6. The van der Waals surface area contributed by atoms with Gasteiger partial charge in [-0.1, -0.05) is 26.0 Å².